The summed E-state index contributed by atoms with van der Waals surface area (Å²) < 4.78 is 0. The van der Waals surface area contributed by atoms with Gasteiger partial charge in [-0.15, -0.1) is 0 Å². The van der Waals surface area contributed by atoms with Crippen LogP contribution in [0, 0.1) is 11.3 Å². The van der Waals surface area contributed by atoms with Crippen molar-refractivity contribution >= 4 is 5.91 Å². The van der Waals surface area contributed by atoms with Crippen molar-refractivity contribution in [2.45, 2.75) is 93.0 Å². The smallest absolute Gasteiger partial charge is 0.223 e. The minimum atomic E-state index is 0.0773. The van der Waals surface area contributed by atoms with Gasteiger partial charge in [0.1, 0.15) is 0 Å². The fraction of sp³-hybridized carbons (Fsp3) is 0.944. The van der Waals surface area contributed by atoms with Gasteiger partial charge in [0.25, 0.3) is 0 Å². The Bertz CT molecular complexity index is 267. The van der Waals surface area contributed by atoms with Gasteiger partial charge in [-0.3, -0.25) is 4.79 Å². The fourth-order valence-corrected chi connectivity index (χ4v) is 2.50. The van der Waals surface area contributed by atoms with Crippen LogP contribution in [0.15, 0.2) is 0 Å². The molecule has 0 saturated carbocycles. The molecule has 1 amide bonds. The maximum atomic E-state index is 12.6. The normalized spacial score (nSPS) is 14.9. The van der Waals surface area contributed by atoms with Gasteiger partial charge in [-0.05, 0) is 31.1 Å². The summed E-state index contributed by atoms with van der Waals surface area (Å²) in [4.78, 5) is 14.8. The van der Waals surface area contributed by atoms with Crippen LogP contribution in [-0.2, 0) is 4.79 Å². The van der Waals surface area contributed by atoms with E-state index in [1.54, 1.807) is 0 Å². The van der Waals surface area contributed by atoms with Gasteiger partial charge in [-0.1, -0.05) is 60.8 Å². The third-order valence-corrected chi connectivity index (χ3v) is 4.12. The first kappa shape index (κ1) is 19.5. The maximum Gasteiger partial charge on any atom is 0.223 e. The highest BCUT2D eigenvalue weighted by Crippen LogP contribution is 2.23. The average molecular weight is 284 g/mol. The Morgan fingerprint density at radius 3 is 2.10 bits per heavy atom. The van der Waals surface area contributed by atoms with Crippen molar-refractivity contribution in [1.82, 2.24) is 4.90 Å². The van der Waals surface area contributed by atoms with E-state index in [2.05, 4.69) is 53.4 Å². The number of carbonyl (C=O) groups is 1. The van der Waals surface area contributed by atoms with E-state index in [4.69, 9.17) is 0 Å². The van der Waals surface area contributed by atoms with Crippen molar-refractivity contribution in [3.05, 3.63) is 0 Å². The molecule has 0 rings (SSSR count). The molecule has 0 saturated heterocycles. The monoisotopic (exact) mass is 283 g/mol. The fourth-order valence-electron chi connectivity index (χ4n) is 2.50. The molecule has 2 nitrogen and oxygen atoms in total. The van der Waals surface area contributed by atoms with Crippen molar-refractivity contribution in [3.8, 4) is 0 Å². The predicted octanol–water partition coefficient (Wildman–Crippen LogP) is 5.27. The molecule has 0 radical (unpaired) electrons. The van der Waals surface area contributed by atoms with Crippen LogP contribution in [0.4, 0.5) is 0 Å². The molecular weight excluding hydrogens is 246 g/mol. The molecule has 0 aliphatic rings. The predicted molar refractivity (Wildman–Crippen MR) is 88.8 cm³/mol. The summed E-state index contributed by atoms with van der Waals surface area (Å²) in [5.41, 5.74) is 0.0773. The van der Waals surface area contributed by atoms with Gasteiger partial charge in [0.2, 0.25) is 5.91 Å². The SMILES string of the molecule is CCCCC(CC)CN(C(=O)CC(C)(C)C)C(C)CC. The molecule has 0 aliphatic heterocycles. The van der Waals surface area contributed by atoms with Crippen LogP contribution in [0.3, 0.4) is 0 Å². The lowest BCUT2D eigenvalue weighted by molar-refractivity contribution is -0.136. The Morgan fingerprint density at radius 1 is 1.10 bits per heavy atom. The third kappa shape index (κ3) is 7.91. The number of hydrogen-bond acceptors (Lipinski definition) is 1. The van der Waals surface area contributed by atoms with Crippen LogP contribution in [-0.4, -0.2) is 23.4 Å². The topological polar surface area (TPSA) is 20.3 Å². The largest absolute Gasteiger partial charge is 0.340 e. The Kier molecular flexibility index (Phi) is 9.16. The van der Waals surface area contributed by atoms with Gasteiger partial charge in [0, 0.05) is 19.0 Å². The van der Waals surface area contributed by atoms with E-state index < -0.39 is 0 Å². The lowest BCUT2D eigenvalue weighted by atomic mass is 9.90. The molecule has 0 bridgehead atoms. The second kappa shape index (κ2) is 9.41. The first-order valence-corrected chi connectivity index (χ1v) is 8.54. The van der Waals surface area contributed by atoms with Crippen LogP contribution >= 0.6 is 0 Å². The van der Waals surface area contributed by atoms with E-state index in [9.17, 15) is 4.79 Å². The van der Waals surface area contributed by atoms with E-state index >= 15 is 0 Å². The highest BCUT2D eigenvalue weighted by Gasteiger charge is 2.25. The molecule has 0 spiro atoms. The summed E-state index contributed by atoms with van der Waals surface area (Å²) in [5.74, 6) is 0.995. The van der Waals surface area contributed by atoms with Crippen LogP contribution in [0.1, 0.15) is 87.0 Å². The van der Waals surface area contributed by atoms with Gasteiger partial charge in [-0.25, -0.2) is 0 Å². The summed E-state index contributed by atoms with van der Waals surface area (Å²) in [5, 5.41) is 0. The van der Waals surface area contributed by atoms with Crippen molar-refractivity contribution in [3.63, 3.8) is 0 Å². The van der Waals surface area contributed by atoms with Gasteiger partial charge in [0.05, 0.1) is 0 Å². The molecule has 0 fully saturated rings. The summed E-state index contributed by atoms with van der Waals surface area (Å²) in [6.45, 7) is 16.2. The van der Waals surface area contributed by atoms with Gasteiger partial charge in [-0.2, -0.15) is 0 Å². The molecule has 2 atom stereocenters. The number of unbranched alkanes of at least 4 members (excludes halogenated alkanes) is 1. The number of carbonyl (C=O) groups excluding carboxylic acids is 1. The van der Waals surface area contributed by atoms with Crippen LogP contribution in [0.2, 0.25) is 0 Å². The molecule has 120 valence electrons. The van der Waals surface area contributed by atoms with Gasteiger partial charge in [0.15, 0.2) is 0 Å². The molecule has 0 aliphatic carbocycles. The Labute approximate surface area is 127 Å². The molecule has 0 N–H and O–H groups in total. The lowest BCUT2D eigenvalue weighted by Crippen LogP contribution is -2.42. The van der Waals surface area contributed by atoms with Crippen molar-refractivity contribution in [2.24, 2.45) is 11.3 Å². The first-order chi connectivity index (χ1) is 9.25. The minimum Gasteiger partial charge on any atom is -0.340 e. The molecule has 2 unspecified atom stereocenters. The number of amides is 1. The van der Waals surface area contributed by atoms with E-state index in [-0.39, 0.29) is 5.41 Å². The van der Waals surface area contributed by atoms with Crippen LogP contribution < -0.4 is 0 Å². The van der Waals surface area contributed by atoms with E-state index in [1.807, 2.05) is 0 Å². The van der Waals surface area contributed by atoms with Crippen molar-refractivity contribution in [1.29, 1.82) is 0 Å². The quantitative estimate of drug-likeness (QED) is 0.565. The second-order valence-electron chi connectivity index (χ2n) is 7.46. The molecule has 0 aromatic carbocycles. The average Bonchev–Trinajstić information content (AvgIpc) is 2.36. The lowest BCUT2D eigenvalue weighted by Gasteiger charge is -2.34. The summed E-state index contributed by atoms with van der Waals surface area (Å²) in [6, 6.07) is 0.362. The molecule has 0 aromatic heterocycles. The molecular formula is C18H37NO. The molecule has 20 heavy (non-hydrogen) atoms. The third-order valence-electron chi connectivity index (χ3n) is 4.12. The Hall–Kier alpha value is -0.530. The molecule has 2 heteroatoms. The number of rotatable bonds is 9. The second-order valence-corrected chi connectivity index (χ2v) is 7.46. The maximum absolute atomic E-state index is 12.6. The zero-order valence-electron chi connectivity index (χ0n) is 15.0. The van der Waals surface area contributed by atoms with Gasteiger partial charge >= 0.3 is 0 Å². The summed E-state index contributed by atoms with van der Waals surface area (Å²) >= 11 is 0. The first-order valence-electron chi connectivity index (χ1n) is 8.54. The highest BCUT2D eigenvalue weighted by molar-refractivity contribution is 5.77. The standard InChI is InChI=1S/C18H37NO/c1-8-11-12-16(10-3)14-19(15(4)9-2)17(20)13-18(5,6)7/h15-16H,8-14H2,1-7H3. The zero-order chi connectivity index (χ0) is 15.8. The number of nitrogens with zero attached hydrogens (tertiary/aromatic N) is 1. The minimum absolute atomic E-state index is 0.0773. The van der Waals surface area contributed by atoms with Gasteiger partial charge < -0.3 is 4.90 Å². The van der Waals surface area contributed by atoms with E-state index in [0.717, 1.165) is 13.0 Å². The number of hydrogen-bond donors (Lipinski definition) is 0. The molecule has 0 heterocycles. The highest BCUT2D eigenvalue weighted by atomic mass is 16.2. The zero-order valence-corrected chi connectivity index (χ0v) is 15.0. The summed E-state index contributed by atoms with van der Waals surface area (Å²) in [6.07, 6.45) is 6.65. The van der Waals surface area contributed by atoms with Crippen molar-refractivity contribution < 1.29 is 4.79 Å². The van der Waals surface area contributed by atoms with E-state index in [1.165, 1.54) is 25.7 Å². The van der Waals surface area contributed by atoms with E-state index in [0.29, 0.717) is 24.3 Å². The Balaban J connectivity index is 4.74. The Morgan fingerprint density at radius 2 is 1.70 bits per heavy atom. The van der Waals surface area contributed by atoms with Crippen LogP contribution in [0.5, 0.6) is 0 Å². The van der Waals surface area contributed by atoms with Crippen LogP contribution in [0.25, 0.3) is 0 Å². The molecule has 0 aromatic rings. The van der Waals surface area contributed by atoms with Crippen molar-refractivity contribution in [2.75, 3.05) is 6.54 Å². The summed E-state index contributed by atoms with van der Waals surface area (Å²) in [7, 11) is 0.